The lowest BCUT2D eigenvalue weighted by atomic mass is 10.6. The molecule has 0 atom stereocenters. The molecule has 2 N–H and O–H groups in total. The number of nitrogens with two attached hydrogens (primary N) is 1. The van der Waals surface area contributed by atoms with Crippen LogP contribution in [0.1, 0.15) is 14.9 Å². The monoisotopic (exact) mass is 465 g/mol. The quantitative estimate of drug-likeness (QED) is 0.420. The van der Waals surface area contributed by atoms with Gasteiger partial charge in [-0.1, -0.05) is 26.5 Å². The molecule has 2 aromatic heterocycles. The summed E-state index contributed by atoms with van der Waals surface area (Å²) in [6.07, 6.45) is 3.00. The predicted octanol–water partition coefficient (Wildman–Crippen LogP) is 5.29. The fourth-order valence-electron chi connectivity index (χ4n) is 0.684. The van der Waals surface area contributed by atoms with Gasteiger partial charge in [-0.25, -0.2) is 15.0 Å². The third-order valence-corrected chi connectivity index (χ3v) is 3.49. The zero-order chi connectivity index (χ0) is 13.7. The summed E-state index contributed by atoms with van der Waals surface area (Å²) in [6.45, 7) is 0. The summed E-state index contributed by atoms with van der Waals surface area (Å²) in [5, 5.41) is 0.647. The van der Waals surface area contributed by atoms with E-state index in [2.05, 4.69) is 51.8 Å². The van der Waals surface area contributed by atoms with E-state index in [4.69, 9.17) is 40.5 Å². The number of nitrogens with zero attached hydrogens (tertiary/aromatic N) is 4. The van der Waals surface area contributed by atoms with Crippen molar-refractivity contribution in [3.05, 3.63) is 37.1 Å². The molecule has 0 unspecified atom stereocenters. The van der Waals surface area contributed by atoms with Gasteiger partial charge in [0.1, 0.15) is 11.0 Å². The van der Waals surface area contributed by atoms with Crippen LogP contribution in [0.2, 0.25) is 15.7 Å². The number of anilines is 1. The fraction of sp³-hybridized carbons (Fsp3) is 0.200. The van der Waals surface area contributed by atoms with Crippen LogP contribution in [0, 0.1) is 0 Å². The maximum Gasteiger partial charge on any atom is 0.224 e. The Labute approximate surface area is 149 Å². The Kier molecular flexibility index (Phi) is 11.6. The number of aromatic nitrogens is 4. The van der Waals surface area contributed by atoms with E-state index in [9.17, 15) is 0 Å². The zero-order valence-electron chi connectivity index (χ0n) is 8.41. The first-order valence-electron chi connectivity index (χ1n) is 4.17. The highest BCUT2D eigenvalue weighted by molar-refractivity contribution is 9.11. The largest absolute Gasteiger partial charge is 0.383 e. The van der Waals surface area contributed by atoms with Gasteiger partial charge in [-0.15, -0.1) is 0 Å². The van der Waals surface area contributed by atoms with Gasteiger partial charge in [0.15, 0.2) is 0 Å². The molecule has 0 aromatic carbocycles. The van der Waals surface area contributed by atoms with Gasteiger partial charge in [0.2, 0.25) is 10.6 Å². The summed E-state index contributed by atoms with van der Waals surface area (Å²) >= 11 is 22.5. The first-order chi connectivity index (χ1) is 8.40. The Bertz CT molecular complexity index is 507. The molecule has 0 amide bonds. The molecule has 0 fully saturated rings. The van der Waals surface area contributed by atoms with E-state index >= 15 is 0 Å². The lowest BCUT2D eigenvalue weighted by Crippen LogP contribution is -1.92. The van der Waals surface area contributed by atoms with Crippen molar-refractivity contribution in [2.75, 3.05) is 5.73 Å². The maximum atomic E-state index is 5.53. The van der Waals surface area contributed by atoms with Crippen molar-refractivity contribution < 1.29 is 0 Å². The standard InChI is InChI=1S/C4HBrCl2N2.C4H3BrClN3.2CH4/c5-2-1-8-4(7)9-3(2)6;5-2-1-8-4(6)9-3(2)7;;/h1H;1H,(H2,7,8,9);2*1H4. The highest BCUT2D eigenvalue weighted by Crippen LogP contribution is 2.19. The predicted molar refractivity (Wildman–Crippen MR) is 92.4 cm³/mol. The summed E-state index contributed by atoms with van der Waals surface area (Å²) < 4.78 is 1.31. The molecular formula is C10H12Br2Cl3N5. The lowest BCUT2D eigenvalue weighted by molar-refractivity contribution is 1.15. The van der Waals surface area contributed by atoms with Crippen LogP contribution in [0.15, 0.2) is 21.3 Å². The van der Waals surface area contributed by atoms with Gasteiger partial charge in [0.25, 0.3) is 0 Å². The third kappa shape index (κ3) is 7.54. The van der Waals surface area contributed by atoms with Crippen LogP contribution >= 0.6 is 66.7 Å². The molecule has 5 nitrogen and oxygen atoms in total. The van der Waals surface area contributed by atoms with E-state index in [1.807, 2.05) is 0 Å². The lowest BCUT2D eigenvalue weighted by Gasteiger charge is -1.93. The first-order valence-corrected chi connectivity index (χ1v) is 6.89. The summed E-state index contributed by atoms with van der Waals surface area (Å²) in [7, 11) is 0. The number of hydrogen-bond donors (Lipinski definition) is 1. The summed E-state index contributed by atoms with van der Waals surface area (Å²) in [4.78, 5) is 14.6. The van der Waals surface area contributed by atoms with E-state index in [0.717, 1.165) is 0 Å². The summed E-state index contributed by atoms with van der Waals surface area (Å²) in [6, 6.07) is 0. The van der Waals surface area contributed by atoms with Gasteiger partial charge in [-0.05, 0) is 55.1 Å². The van der Waals surface area contributed by atoms with Gasteiger partial charge in [0, 0.05) is 12.4 Å². The molecule has 2 aromatic rings. The molecule has 112 valence electrons. The molecule has 0 saturated carbocycles. The Hall–Kier alpha value is -0.210. The molecule has 0 spiro atoms. The topological polar surface area (TPSA) is 77.6 Å². The van der Waals surface area contributed by atoms with E-state index in [0.29, 0.717) is 19.9 Å². The SMILES string of the molecule is C.C.Clc1ncc(Br)c(Cl)n1.Nc1nc(Cl)ncc1Br. The van der Waals surface area contributed by atoms with Crippen LogP contribution in [-0.4, -0.2) is 19.9 Å². The number of halogens is 5. The Morgan fingerprint density at radius 2 is 1.30 bits per heavy atom. The molecule has 10 heteroatoms. The molecule has 2 rings (SSSR count). The zero-order valence-corrected chi connectivity index (χ0v) is 13.9. The van der Waals surface area contributed by atoms with Crippen LogP contribution in [0.5, 0.6) is 0 Å². The molecule has 0 radical (unpaired) electrons. The van der Waals surface area contributed by atoms with E-state index in [-0.39, 0.29) is 25.4 Å². The van der Waals surface area contributed by atoms with Crippen LogP contribution in [-0.2, 0) is 0 Å². The molecule has 0 aliphatic carbocycles. The Morgan fingerprint density at radius 1 is 0.850 bits per heavy atom. The Balaban J connectivity index is 0. The van der Waals surface area contributed by atoms with Crippen molar-refractivity contribution in [1.82, 2.24) is 19.9 Å². The van der Waals surface area contributed by atoms with Gasteiger partial charge < -0.3 is 5.73 Å². The van der Waals surface area contributed by atoms with Gasteiger partial charge in [-0.3, -0.25) is 0 Å². The van der Waals surface area contributed by atoms with Crippen molar-refractivity contribution in [1.29, 1.82) is 0 Å². The highest BCUT2D eigenvalue weighted by atomic mass is 79.9. The van der Waals surface area contributed by atoms with Crippen LogP contribution < -0.4 is 5.73 Å². The maximum absolute atomic E-state index is 5.53. The van der Waals surface area contributed by atoms with Crippen molar-refractivity contribution in [2.24, 2.45) is 0 Å². The van der Waals surface area contributed by atoms with E-state index in [1.54, 1.807) is 0 Å². The minimum absolute atomic E-state index is 0. The van der Waals surface area contributed by atoms with Crippen LogP contribution in [0.4, 0.5) is 5.82 Å². The second-order valence-electron chi connectivity index (χ2n) is 2.65. The molecule has 0 aliphatic rings. The van der Waals surface area contributed by atoms with E-state index in [1.165, 1.54) is 12.4 Å². The number of rotatable bonds is 0. The second kappa shape index (κ2) is 10.5. The second-order valence-corrected chi connectivity index (χ2v) is 5.39. The Morgan fingerprint density at radius 3 is 1.65 bits per heavy atom. The average Bonchev–Trinajstić information content (AvgIpc) is 2.30. The smallest absolute Gasteiger partial charge is 0.224 e. The van der Waals surface area contributed by atoms with E-state index < -0.39 is 0 Å². The van der Waals surface area contributed by atoms with Crippen LogP contribution in [0.3, 0.4) is 0 Å². The normalized spacial score (nSPS) is 8.65. The molecule has 2 heterocycles. The summed E-state index contributed by atoms with van der Waals surface area (Å²) in [5.74, 6) is 0.356. The molecule has 0 bridgehead atoms. The minimum atomic E-state index is 0. The third-order valence-electron chi connectivity index (χ3n) is 1.41. The van der Waals surface area contributed by atoms with Crippen molar-refractivity contribution in [3.63, 3.8) is 0 Å². The highest BCUT2D eigenvalue weighted by Gasteiger charge is 1.98. The molecular weight excluding hydrogens is 456 g/mol. The van der Waals surface area contributed by atoms with Crippen molar-refractivity contribution in [2.45, 2.75) is 14.9 Å². The average molecular weight is 468 g/mol. The van der Waals surface area contributed by atoms with Gasteiger partial charge in [-0.2, -0.15) is 4.98 Å². The van der Waals surface area contributed by atoms with Gasteiger partial charge >= 0.3 is 0 Å². The van der Waals surface area contributed by atoms with Crippen LogP contribution in [0.25, 0.3) is 0 Å². The fourth-order valence-corrected chi connectivity index (χ4v) is 1.51. The number of nitrogen functional groups attached to an aromatic ring is 1. The van der Waals surface area contributed by atoms with Crippen molar-refractivity contribution >= 4 is 72.5 Å². The minimum Gasteiger partial charge on any atom is -0.383 e. The molecule has 0 saturated heterocycles. The molecule has 20 heavy (non-hydrogen) atoms. The molecule has 0 aliphatic heterocycles. The van der Waals surface area contributed by atoms with Gasteiger partial charge in [0.05, 0.1) is 8.95 Å². The number of hydrogen-bond acceptors (Lipinski definition) is 5. The van der Waals surface area contributed by atoms with Crippen molar-refractivity contribution in [3.8, 4) is 0 Å². The first kappa shape index (κ1) is 22.1. The summed E-state index contributed by atoms with van der Waals surface area (Å²) in [5.41, 5.74) is 5.34.